The summed E-state index contributed by atoms with van der Waals surface area (Å²) < 4.78 is 5.71. The number of aliphatic hydroxyl groups is 1. The molecule has 0 aliphatic carbocycles. The molecular formula is C16H21NO2. The van der Waals surface area contributed by atoms with E-state index >= 15 is 0 Å². The Morgan fingerprint density at radius 1 is 1.21 bits per heavy atom. The first-order valence-electron chi connectivity index (χ1n) is 6.62. The van der Waals surface area contributed by atoms with Gasteiger partial charge in [0.15, 0.2) is 0 Å². The van der Waals surface area contributed by atoms with Crippen molar-refractivity contribution in [2.24, 2.45) is 5.41 Å². The number of aromatic nitrogens is 1. The summed E-state index contributed by atoms with van der Waals surface area (Å²) in [5.41, 5.74) is 1.97. The molecule has 3 nitrogen and oxygen atoms in total. The number of ether oxygens (including phenoxy) is 1. The van der Waals surface area contributed by atoms with E-state index in [4.69, 9.17) is 4.74 Å². The highest BCUT2D eigenvalue weighted by molar-refractivity contribution is 5.82. The van der Waals surface area contributed by atoms with E-state index < -0.39 is 0 Å². The molecular weight excluding hydrogens is 238 g/mol. The van der Waals surface area contributed by atoms with Crippen LogP contribution in [0.2, 0.25) is 0 Å². The molecule has 1 N–H and O–H groups in total. The molecule has 102 valence electrons. The van der Waals surface area contributed by atoms with E-state index in [0.29, 0.717) is 12.5 Å². The van der Waals surface area contributed by atoms with Gasteiger partial charge in [0.2, 0.25) is 5.88 Å². The first kappa shape index (κ1) is 13.8. The second kappa shape index (κ2) is 5.57. The lowest BCUT2D eigenvalue weighted by Gasteiger charge is -2.18. The molecule has 19 heavy (non-hydrogen) atoms. The third-order valence-electron chi connectivity index (χ3n) is 3.05. The first-order valence-corrected chi connectivity index (χ1v) is 6.62. The minimum atomic E-state index is -0.00133. The van der Waals surface area contributed by atoms with E-state index in [0.717, 1.165) is 22.9 Å². The summed E-state index contributed by atoms with van der Waals surface area (Å²) in [5, 5.41) is 10.4. The fraction of sp³-hybridized carbons (Fsp3) is 0.438. The summed E-state index contributed by atoms with van der Waals surface area (Å²) in [6.07, 6.45) is 0.968. The van der Waals surface area contributed by atoms with Gasteiger partial charge in [-0.1, -0.05) is 39.0 Å². The van der Waals surface area contributed by atoms with Crippen molar-refractivity contribution in [3.8, 4) is 5.88 Å². The maximum absolute atomic E-state index is 9.43. The Balaban J connectivity index is 2.20. The topological polar surface area (TPSA) is 42.4 Å². The van der Waals surface area contributed by atoms with E-state index in [2.05, 4.69) is 25.8 Å². The van der Waals surface area contributed by atoms with Crippen molar-refractivity contribution in [1.82, 2.24) is 4.98 Å². The molecule has 0 saturated carbocycles. The van der Waals surface area contributed by atoms with Crippen LogP contribution in [-0.2, 0) is 6.61 Å². The fourth-order valence-corrected chi connectivity index (χ4v) is 1.89. The van der Waals surface area contributed by atoms with Crippen LogP contribution in [0.3, 0.4) is 0 Å². The average Bonchev–Trinajstić information content (AvgIpc) is 2.36. The third-order valence-corrected chi connectivity index (χ3v) is 3.05. The van der Waals surface area contributed by atoms with Crippen LogP contribution in [0.5, 0.6) is 5.88 Å². The summed E-state index contributed by atoms with van der Waals surface area (Å²) in [7, 11) is 0. The lowest BCUT2D eigenvalue weighted by atomic mass is 9.93. The largest absolute Gasteiger partial charge is 0.478 e. The predicted molar refractivity (Wildman–Crippen MR) is 77.2 cm³/mol. The van der Waals surface area contributed by atoms with Crippen LogP contribution in [0.4, 0.5) is 0 Å². The molecule has 0 bridgehead atoms. The van der Waals surface area contributed by atoms with Gasteiger partial charge in [0.05, 0.1) is 18.7 Å². The molecule has 0 unspecified atom stereocenters. The number of aliphatic hydroxyl groups excluding tert-OH is 1. The highest BCUT2D eigenvalue weighted by Crippen LogP contribution is 2.23. The van der Waals surface area contributed by atoms with Crippen LogP contribution < -0.4 is 4.74 Å². The molecule has 0 saturated heterocycles. The van der Waals surface area contributed by atoms with E-state index in [9.17, 15) is 5.11 Å². The molecule has 1 aromatic heterocycles. The Kier molecular flexibility index (Phi) is 4.05. The van der Waals surface area contributed by atoms with Crippen molar-refractivity contribution < 1.29 is 9.84 Å². The van der Waals surface area contributed by atoms with Crippen LogP contribution in [0.1, 0.15) is 32.8 Å². The molecule has 0 aliphatic rings. The van der Waals surface area contributed by atoms with Crippen LogP contribution in [0.15, 0.2) is 30.3 Å². The van der Waals surface area contributed by atoms with Crippen LogP contribution >= 0.6 is 0 Å². The number of hydrogen-bond donors (Lipinski definition) is 1. The van der Waals surface area contributed by atoms with E-state index in [-0.39, 0.29) is 12.0 Å². The van der Waals surface area contributed by atoms with E-state index in [1.165, 1.54) is 0 Å². The Morgan fingerprint density at radius 2 is 1.95 bits per heavy atom. The third kappa shape index (κ3) is 3.67. The van der Waals surface area contributed by atoms with Gasteiger partial charge < -0.3 is 9.84 Å². The fourth-order valence-electron chi connectivity index (χ4n) is 1.89. The molecule has 0 amide bonds. The number of hydrogen-bond acceptors (Lipinski definition) is 3. The van der Waals surface area contributed by atoms with Crippen molar-refractivity contribution >= 4 is 10.9 Å². The molecule has 0 aliphatic heterocycles. The maximum Gasteiger partial charge on any atom is 0.214 e. The minimum Gasteiger partial charge on any atom is -0.478 e. The molecule has 2 aromatic rings. The number of nitrogens with zero attached hydrogens (tertiary/aromatic N) is 1. The Bertz CT molecular complexity index is 558. The van der Waals surface area contributed by atoms with Crippen LogP contribution in [-0.4, -0.2) is 16.7 Å². The average molecular weight is 259 g/mol. The molecule has 0 radical (unpaired) electrons. The molecule has 2 rings (SSSR count). The first-order chi connectivity index (χ1) is 8.99. The predicted octanol–water partition coefficient (Wildman–Crippen LogP) is 3.54. The standard InChI is InChI=1S/C16H21NO2/c1-16(2,3)8-9-19-15-10-12(11-18)13-6-4-5-7-14(13)17-15/h4-7,10,18H,8-9,11H2,1-3H3. The van der Waals surface area contributed by atoms with Crippen LogP contribution in [0, 0.1) is 5.41 Å². The van der Waals surface area contributed by atoms with Gasteiger partial charge in [-0.2, -0.15) is 0 Å². The molecule has 0 fully saturated rings. The smallest absolute Gasteiger partial charge is 0.214 e. The van der Waals surface area contributed by atoms with Crippen molar-refractivity contribution in [2.75, 3.05) is 6.61 Å². The Labute approximate surface area is 114 Å². The van der Waals surface area contributed by atoms with Crippen molar-refractivity contribution in [3.63, 3.8) is 0 Å². The monoisotopic (exact) mass is 259 g/mol. The summed E-state index contributed by atoms with van der Waals surface area (Å²) in [6, 6.07) is 9.61. The quantitative estimate of drug-likeness (QED) is 0.913. The Morgan fingerprint density at radius 3 is 2.63 bits per heavy atom. The highest BCUT2D eigenvalue weighted by atomic mass is 16.5. The minimum absolute atomic E-state index is 0.00133. The molecule has 1 heterocycles. The number of fused-ring (bicyclic) bond motifs is 1. The van der Waals surface area contributed by atoms with E-state index in [1.807, 2.05) is 30.3 Å². The summed E-state index contributed by atoms with van der Waals surface area (Å²) in [5.74, 6) is 0.590. The zero-order valence-electron chi connectivity index (χ0n) is 11.8. The molecule has 1 aromatic carbocycles. The van der Waals surface area contributed by atoms with Gasteiger partial charge in [-0.3, -0.25) is 0 Å². The SMILES string of the molecule is CC(C)(C)CCOc1cc(CO)c2ccccc2n1. The van der Waals surface area contributed by atoms with Gasteiger partial charge in [0.1, 0.15) is 0 Å². The molecule has 3 heteroatoms. The number of benzene rings is 1. The van der Waals surface area contributed by atoms with Gasteiger partial charge in [-0.05, 0) is 23.5 Å². The van der Waals surface area contributed by atoms with E-state index in [1.54, 1.807) is 0 Å². The van der Waals surface area contributed by atoms with Gasteiger partial charge in [0.25, 0.3) is 0 Å². The lowest BCUT2D eigenvalue weighted by Crippen LogP contribution is -2.11. The number of para-hydroxylation sites is 1. The molecule has 0 atom stereocenters. The Hall–Kier alpha value is -1.61. The van der Waals surface area contributed by atoms with Gasteiger partial charge in [-0.25, -0.2) is 4.98 Å². The van der Waals surface area contributed by atoms with Gasteiger partial charge >= 0.3 is 0 Å². The zero-order chi connectivity index (χ0) is 13.9. The summed E-state index contributed by atoms with van der Waals surface area (Å²) in [4.78, 5) is 4.47. The normalized spacial score (nSPS) is 11.8. The maximum atomic E-state index is 9.43. The van der Waals surface area contributed by atoms with Gasteiger partial charge in [0, 0.05) is 11.5 Å². The molecule has 0 spiro atoms. The second-order valence-electron chi connectivity index (χ2n) is 5.95. The summed E-state index contributed by atoms with van der Waals surface area (Å²) in [6.45, 7) is 7.19. The second-order valence-corrected chi connectivity index (χ2v) is 5.95. The van der Waals surface area contributed by atoms with Crippen molar-refractivity contribution in [3.05, 3.63) is 35.9 Å². The zero-order valence-corrected chi connectivity index (χ0v) is 11.8. The number of pyridine rings is 1. The van der Waals surface area contributed by atoms with Crippen molar-refractivity contribution in [1.29, 1.82) is 0 Å². The van der Waals surface area contributed by atoms with Crippen molar-refractivity contribution in [2.45, 2.75) is 33.8 Å². The van der Waals surface area contributed by atoms with Crippen LogP contribution in [0.25, 0.3) is 10.9 Å². The summed E-state index contributed by atoms with van der Waals surface area (Å²) >= 11 is 0. The highest BCUT2D eigenvalue weighted by Gasteiger charge is 2.11. The van der Waals surface area contributed by atoms with Gasteiger partial charge in [-0.15, -0.1) is 0 Å². The lowest BCUT2D eigenvalue weighted by molar-refractivity contribution is 0.235. The number of rotatable bonds is 4.